The third-order valence-corrected chi connectivity index (χ3v) is 8.37. The first-order valence-electron chi connectivity index (χ1n) is 11.2. The minimum Gasteiger partial charge on any atom is -0.390 e. The zero-order chi connectivity index (χ0) is 19.9. The Hall–Kier alpha value is -1.52. The summed E-state index contributed by atoms with van der Waals surface area (Å²) in [6.07, 6.45) is 9.69. The molecule has 5 heteroatoms. The molecule has 7 rings (SSSR count). The average Bonchev–Trinajstić information content (AvgIpc) is 3.39. The van der Waals surface area contributed by atoms with Gasteiger partial charge in [0.2, 0.25) is 5.91 Å². The first kappa shape index (κ1) is 18.3. The number of nitrogens with zero attached hydrogens (tertiary/aromatic N) is 1. The zero-order valence-corrected chi connectivity index (χ0v) is 17.7. The van der Waals surface area contributed by atoms with Crippen molar-refractivity contribution in [2.75, 3.05) is 0 Å². The van der Waals surface area contributed by atoms with E-state index in [1.807, 2.05) is 6.07 Å². The molecule has 3 aliphatic carbocycles. The Bertz CT molecular complexity index is 978. The van der Waals surface area contributed by atoms with Gasteiger partial charge in [-0.15, -0.1) is 0 Å². The van der Waals surface area contributed by atoms with Crippen LogP contribution in [0.4, 0.5) is 0 Å². The van der Waals surface area contributed by atoms with Gasteiger partial charge in [-0.25, -0.2) is 0 Å². The topological polar surface area (TPSA) is 56.3 Å². The number of hydrogen-bond acceptors (Lipinski definition) is 2. The van der Waals surface area contributed by atoms with Crippen LogP contribution in [0.2, 0.25) is 5.02 Å². The van der Waals surface area contributed by atoms with Gasteiger partial charge in [-0.1, -0.05) is 18.5 Å². The number of aromatic nitrogens is 1. The van der Waals surface area contributed by atoms with Gasteiger partial charge in [0.15, 0.2) is 0 Å². The second-order valence-electron chi connectivity index (χ2n) is 10.3. The molecule has 2 saturated heterocycles. The van der Waals surface area contributed by atoms with Gasteiger partial charge in [-0.3, -0.25) is 4.79 Å². The normalized spacial score (nSPS) is 34.2. The number of carbonyl (C=O) groups excluding carboxylic acids is 1. The van der Waals surface area contributed by atoms with E-state index in [9.17, 15) is 9.90 Å². The number of hydrogen-bond donors (Lipinski definition) is 2. The van der Waals surface area contributed by atoms with Gasteiger partial charge in [-0.05, 0) is 86.0 Å². The second-order valence-corrected chi connectivity index (χ2v) is 10.7. The van der Waals surface area contributed by atoms with Gasteiger partial charge in [0, 0.05) is 40.6 Å². The standard InChI is InChI=1S/C24H29ClN2O2/c1-13(20-12-26-22-8-21(25)18(7-19(20)22)15-2-3-15)4-23(28)27-16-5-14-6-17(27)11-24(29,9-14)10-16/h7-8,12-17,26,29H,2-6,9-11H2,1H3. The molecule has 1 amide bonds. The summed E-state index contributed by atoms with van der Waals surface area (Å²) in [5, 5.41) is 12.9. The minimum atomic E-state index is -0.506. The van der Waals surface area contributed by atoms with Crippen molar-refractivity contribution in [3.05, 3.63) is 34.5 Å². The molecule has 3 atom stereocenters. The van der Waals surface area contributed by atoms with Crippen LogP contribution in [0.5, 0.6) is 0 Å². The number of aromatic amines is 1. The summed E-state index contributed by atoms with van der Waals surface area (Å²) < 4.78 is 0. The maximum atomic E-state index is 13.3. The molecule has 2 N–H and O–H groups in total. The van der Waals surface area contributed by atoms with Crippen molar-refractivity contribution < 1.29 is 9.90 Å². The summed E-state index contributed by atoms with van der Waals surface area (Å²) in [6, 6.07) is 4.79. The van der Waals surface area contributed by atoms with Crippen molar-refractivity contribution in [2.24, 2.45) is 5.92 Å². The molecule has 4 bridgehead atoms. The second kappa shape index (κ2) is 6.24. The summed E-state index contributed by atoms with van der Waals surface area (Å²) in [6.45, 7) is 2.16. The fraction of sp³-hybridized carbons (Fsp3) is 0.625. The number of piperidine rings is 2. The third-order valence-electron chi connectivity index (χ3n) is 8.05. The van der Waals surface area contributed by atoms with E-state index in [1.54, 1.807) is 0 Å². The van der Waals surface area contributed by atoms with Gasteiger partial charge in [0.25, 0.3) is 0 Å². The van der Waals surface area contributed by atoms with Crippen molar-refractivity contribution in [1.29, 1.82) is 0 Å². The van der Waals surface area contributed by atoms with Crippen molar-refractivity contribution in [3.8, 4) is 0 Å². The molecular formula is C24H29ClN2O2. The molecule has 1 aromatic heterocycles. The van der Waals surface area contributed by atoms with Crippen molar-refractivity contribution >= 4 is 28.4 Å². The molecule has 4 nitrogen and oxygen atoms in total. The highest BCUT2D eigenvalue weighted by atomic mass is 35.5. The number of rotatable bonds is 4. The van der Waals surface area contributed by atoms with E-state index in [0.717, 1.165) is 42.6 Å². The minimum absolute atomic E-state index is 0.157. The number of benzene rings is 1. The lowest BCUT2D eigenvalue weighted by Crippen LogP contribution is -2.65. The van der Waals surface area contributed by atoms with Crippen LogP contribution in [0.25, 0.3) is 10.9 Å². The Morgan fingerprint density at radius 1 is 1.28 bits per heavy atom. The molecule has 29 heavy (non-hydrogen) atoms. The Labute approximate surface area is 176 Å². The summed E-state index contributed by atoms with van der Waals surface area (Å²) in [5.74, 6) is 1.64. The van der Waals surface area contributed by atoms with Crippen molar-refractivity contribution in [3.63, 3.8) is 0 Å². The smallest absolute Gasteiger partial charge is 0.223 e. The molecule has 1 aromatic carbocycles. The number of H-pyrrole nitrogens is 1. The number of nitrogens with one attached hydrogen (secondary N) is 1. The lowest BCUT2D eigenvalue weighted by molar-refractivity contribution is -0.174. The van der Waals surface area contributed by atoms with E-state index in [4.69, 9.17) is 11.6 Å². The fourth-order valence-corrected chi connectivity index (χ4v) is 7.08. The Morgan fingerprint density at radius 2 is 2.00 bits per heavy atom. The lowest BCUT2D eigenvalue weighted by atomic mass is 9.61. The van der Waals surface area contributed by atoms with Crippen molar-refractivity contribution in [1.82, 2.24) is 9.88 Å². The molecule has 2 aliphatic heterocycles. The highest BCUT2D eigenvalue weighted by Gasteiger charge is 2.54. The number of halogens is 1. The van der Waals surface area contributed by atoms with Crippen LogP contribution in [0.3, 0.4) is 0 Å². The molecule has 2 aromatic rings. The molecule has 0 radical (unpaired) electrons. The molecule has 0 spiro atoms. The number of aliphatic hydroxyl groups is 1. The van der Waals surface area contributed by atoms with Crippen LogP contribution in [0, 0.1) is 5.92 Å². The quantitative estimate of drug-likeness (QED) is 0.734. The molecule has 154 valence electrons. The molecule has 5 aliphatic rings. The third kappa shape index (κ3) is 2.94. The molecule has 3 heterocycles. The van der Waals surface area contributed by atoms with E-state index >= 15 is 0 Å². The van der Waals surface area contributed by atoms with Gasteiger partial charge in [0.1, 0.15) is 0 Å². The Kier molecular flexibility index (Phi) is 3.93. The van der Waals surface area contributed by atoms with Crippen LogP contribution in [-0.2, 0) is 4.79 Å². The Morgan fingerprint density at radius 3 is 2.66 bits per heavy atom. The van der Waals surface area contributed by atoms with Crippen LogP contribution >= 0.6 is 11.6 Å². The Balaban J connectivity index is 1.24. The first-order chi connectivity index (χ1) is 13.9. The first-order valence-corrected chi connectivity index (χ1v) is 11.6. The zero-order valence-electron chi connectivity index (χ0n) is 17.0. The predicted octanol–water partition coefficient (Wildman–Crippen LogP) is 5.10. The molecule has 3 saturated carbocycles. The van der Waals surface area contributed by atoms with Crippen LogP contribution in [0.15, 0.2) is 18.3 Å². The van der Waals surface area contributed by atoms with Gasteiger partial charge in [0.05, 0.1) is 5.60 Å². The monoisotopic (exact) mass is 412 g/mol. The molecule has 3 unspecified atom stereocenters. The summed E-state index contributed by atoms with van der Waals surface area (Å²) in [4.78, 5) is 18.8. The fourth-order valence-electron chi connectivity index (χ4n) is 6.77. The predicted molar refractivity (Wildman–Crippen MR) is 114 cm³/mol. The van der Waals surface area contributed by atoms with Crippen LogP contribution < -0.4 is 0 Å². The number of carbonyl (C=O) groups is 1. The van der Waals surface area contributed by atoms with Crippen LogP contribution in [0.1, 0.15) is 81.3 Å². The molecule has 5 fully saturated rings. The summed E-state index contributed by atoms with van der Waals surface area (Å²) in [5.41, 5.74) is 3.03. The van der Waals surface area contributed by atoms with Gasteiger partial charge < -0.3 is 15.0 Å². The average molecular weight is 413 g/mol. The van der Waals surface area contributed by atoms with E-state index in [1.165, 1.54) is 29.4 Å². The number of fused-ring (bicyclic) bond motifs is 1. The maximum absolute atomic E-state index is 13.3. The maximum Gasteiger partial charge on any atom is 0.223 e. The van der Waals surface area contributed by atoms with Gasteiger partial charge >= 0.3 is 0 Å². The summed E-state index contributed by atoms with van der Waals surface area (Å²) in [7, 11) is 0. The van der Waals surface area contributed by atoms with E-state index in [-0.39, 0.29) is 23.9 Å². The van der Waals surface area contributed by atoms with E-state index in [0.29, 0.717) is 18.3 Å². The van der Waals surface area contributed by atoms with Gasteiger partial charge in [-0.2, -0.15) is 0 Å². The van der Waals surface area contributed by atoms with E-state index in [2.05, 4.69) is 29.1 Å². The molecular weight excluding hydrogens is 384 g/mol. The SMILES string of the molecule is CC(CC(=O)N1C2CC3CC1CC(O)(C3)C2)c1c[nH]c2cc(Cl)c(C3CC3)cc12. The lowest BCUT2D eigenvalue weighted by Gasteiger charge is -2.59. The van der Waals surface area contributed by atoms with Crippen LogP contribution in [-0.4, -0.2) is 38.6 Å². The largest absolute Gasteiger partial charge is 0.390 e. The number of amides is 1. The highest BCUT2D eigenvalue weighted by molar-refractivity contribution is 6.32. The summed E-state index contributed by atoms with van der Waals surface area (Å²) >= 11 is 6.49. The van der Waals surface area contributed by atoms with E-state index < -0.39 is 5.60 Å². The highest BCUT2D eigenvalue weighted by Crippen LogP contribution is 2.52. The van der Waals surface area contributed by atoms with Crippen molar-refractivity contribution in [2.45, 2.75) is 87.8 Å².